The van der Waals surface area contributed by atoms with Crippen LogP contribution in [-0.4, -0.2) is 28.5 Å². The molecule has 0 saturated heterocycles. The number of nitrogens with one attached hydrogen (secondary N) is 1. The van der Waals surface area contributed by atoms with Crippen LogP contribution < -0.4 is 10.2 Å². The molecule has 27 heavy (non-hydrogen) atoms. The molecule has 1 aromatic heterocycles. The van der Waals surface area contributed by atoms with Gasteiger partial charge in [-0.25, -0.2) is 10.1 Å². The SMILES string of the molecule is CCCOc1ccc(-c2nn(-c3ccccc3)cc2C=NNC(C)=O)cc1. The summed E-state index contributed by atoms with van der Waals surface area (Å²) in [7, 11) is 0. The highest BCUT2D eigenvalue weighted by Crippen LogP contribution is 2.25. The Labute approximate surface area is 158 Å². The lowest BCUT2D eigenvalue weighted by Gasteiger charge is -2.05. The molecule has 2 aromatic carbocycles. The van der Waals surface area contributed by atoms with Crippen molar-refractivity contribution in [1.29, 1.82) is 0 Å². The molecule has 1 heterocycles. The second-order valence-corrected chi connectivity index (χ2v) is 6.01. The van der Waals surface area contributed by atoms with Crippen molar-refractivity contribution in [2.75, 3.05) is 6.61 Å². The number of carbonyl (C=O) groups is 1. The summed E-state index contributed by atoms with van der Waals surface area (Å²) in [5, 5.41) is 8.70. The molecule has 0 aliphatic rings. The van der Waals surface area contributed by atoms with E-state index in [1.807, 2.05) is 60.8 Å². The Kier molecular flexibility index (Phi) is 5.99. The molecule has 3 rings (SSSR count). The van der Waals surface area contributed by atoms with E-state index >= 15 is 0 Å². The zero-order chi connectivity index (χ0) is 19.1. The predicted octanol–water partition coefficient (Wildman–Crippen LogP) is 3.80. The molecule has 1 N–H and O–H groups in total. The summed E-state index contributed by atoms with van der Waals surface area (Å²) >= 11 is 0. The third kappa shape index (κ3) is 4.82. The lowest BCUT2D eigenvalue weighted by atomic mass is 10.1. The first-order valence-electron chi connectivity index (χ1n) is 8.85. The highest BCUT2D eigenvalue weighted by molar-refractivity contribution is 5.89. The van der Waals surface area contributed by atoms with Crippen molar-refractivity contribution < 1.29 is 9.53 Å². The zero-order valence-electron chi connectivity index (χ0n) is 15.4. The minimum atomic E-state index is -0.222. The molecular formula is C21H22N4O2. The van der Waals surface area contributed by atoms with Crippen molar-refractivity contribution in [3.63, 3.8) is 0 Å². The van der Waals surface area contributed by atoms with Gasteiger partial charge in [0.15, 0.2) is 0 Å². The quantitative estimate of drug-likeness (QED) is 0.513. The number of carbonyl (C=O) groups excluding carboxylic acids is 1. The molecule has 0 aliphatic carbocycles. The number of hydrazone groups is 1. The minimum absolute atomic E-state index is 0.222. The smallest absolute Gasteiger partial charge is 0.236 e. The molecule has 0 spiro atoms. The standard InChI is InChI=1S/C21H22N4O2/c1-3-13-27-20-11-9-17(10-12-20)21-18(14-22-23-16(2)26)15-25(24-21)19-7-5-4-6-8-19/h4-12,14-15H,3,13H2,1-2H3,(H,23,26). The fourth-order valence-corrected chi connectivity index (χ4v) is 2.54. The number of aromatic nitrogens is 2. The summed E-state index contributed by atoms with van der Waals surface area (Å²) in [6.45, 7) is 4.18. The van der Waals surface area contributed by atoms with Gasteiger partial charge in [-0.1, -0.05) is 25.1 Å². The number of benzene rings is 2. The van der Waals surface area contributed by atoms with Gasteiger partial charge in [0, 0.05) is 24.2 Å². The first-order valence-corrected chi connectivity index (χ1v) is 8.85. The van der Waals surface area contributed by atoms with Crippen LogP contribution in [0.15, 0.2) is 65.9 Å². The van der Waals surface area contributed by atoms with Crippen molar-refractivity contribution in [3.05, 3.63) is 66.4 Å². The highest BCUT2D eigenvalue weighted by atomic mass is 16.5. The topological polar surface area (TPSA) is 68.5 Å². The van der Waals surface area contributed by atoms with Crippen molar-refractivity contribution >= 4 is 12.1 Å². The van der Waals surface area contributed by atoms with E-state index < -0.39 is 0 Å². The van der Waals surface area contributed by atoms with Crippen LogP contribution in [0.4, 0.5) is 0 Å². The van der Waals surface area contributed by atoms with Gasteiger partial charge in [-0.2, -0.15) is 10.2 Å². The number of amides is 1. The Morgan fingerprint density at radius 2 is 1.93 bits per heavy atom. The fourth-order valence-electron chi connectivity index (χ4n) is 2.54. The second-order valence-electron chi connectivity index (χ2n) is 6.01. The number of hydrogen-bond donors (Lipinski definition) is 1. The molecule has 0 unspecified atom stereocenters. The van der Waals surface area contributed by atoms with E-state index in [-0.39, 0.29) is 5.91 Å². The van der Waals surface area contributed by atoms with E-state index in [1.165, 1.54) is 6.92 Å². The molecule has 0 bridgehead atoms. The molecule has 3 aromatic rings. The van der Waals surface area contributed by atoms with Crippen molar-refractivity contribution in [2.24, 2.45) is 5.10 Å². The maximum Gasteiger partial charge on any atom is 0.236 e. The molecule has 6 heteroatoms. The Morgan fingerprint density at radius 1 is 1.19 bits per heavy atom. The number of rotatable bonds is 7. The number of ether oxygens (including phenoxy) is 1. The normalized spacial score (nSPS) is 10.9. The third-order valence-electron chi connectivity index (χ3n) is 3.79. The lowest BCUT2D eigenvalue weighted by Crippen LogP contribution is -2.12. The Bertz CT molecular complexity index is 915. The third-order valence-corrected chi connectivity index (χ3v) is 3.79. The lowest BCUT2D eigenvalue weighted by molar-refractivity contribution is -0.118. The largest absolute Gasteiger partial charge is 0.494 e. The summed E-state index contributed by atoms with van der Waals surface area (Å²) < 4.78 is 7.44. The van der Waals surface area contributed by atoms with Crippen molar-refractivity contribution in [1.82, 2.24) is 15.2 Å². The van der Waals surface area contributed by atoms with Gasteiger partial charge in [-0.3, -0.25) is 4.79 Å². The Morgan fingerprint density at radius 3 is 2.59 bits per heavy atom. The summed E-state index contributed by atoms with van der Waals surface area (Å²) in [4.78, 5) is 11.1. The number of hydrogen-bond acceptors (Lipinski definition) is 4. The monoisotopic (exact) mass is 362 g/mol. The molecule has 0 radical (unpaired) electrons. The van der Waals surface area contributed by atoms with Crippen LogP contribution in [0.1, 0.15) is 25.8 Å². The van der Waals surface area contributed by atoms with E-state index in [4.69, 9.17) is 9.84 Å². The predicted molar refractivity (Wildman–Crippen MR) is 106 cm³/mol. The summed E-state index contributed by atoms with van der Waals surface area (Å²) in [5.74, 6) is 0.609. The van der Waals surface area contributed by atoms with Gasteiger partial charge in [-0.15, -0.1) is 0 Å². The van der Waals surface area contributed by atoms with E-state index in [1.54, 1.807) is 10.9 Å². The van der Waals surface area contributed by atoms with E-state index in [0.29, 0.717) is 6.61 Å². The van der Waals surface area contributed by atoms with Crippen LogP contribution in [0.2, 0.25) is 0 Å². The molecular weight excluding hydrogens is 340 g/mol. The first kappa shape index (κ1) is 18.4. The second kappa shape index (κ2) is 8.80. The van der Waals surface area contributed by atoms with Crippen LogP contribution in [0.5, 0.6) is 5.75 Å². The maximum absolute atomic E-state index is 11.1. The molecule has 0 aliphatic heterocycles. The summed E-state index contributed by atoms with van der Waals surface area (Å²) in [6.07, 6.45) is 4.45. The van der Waals surface area contributed by atoms with E-state index in [0.717, 1.165) is 34.7 Å². The maximum atomic E-state index is 11.1. The van der Waals surface area contributed by atoms with Crippen LogP contribution in [-0.2, 0) is 4.79 Å². The van der Waals surface area contributed by atoms with Crippen LogP contribution in [0, 0.1) is 0 Å². The van der Waals surface area contributed by atoms with Crippen LogP contribution >= 0.6 is 0 Å². The van der Waals surface area contributed by atoms with Gasteiger partial charge in [0.05, 0.1) is 18.5 Å². The first-order chi connectivity index (χ1) is 13.2. The van der Waals surface area contributed by atoms with Gasteiger partial charge in [0.25, 0.3) is 0 Å². The van der Waals surface area contributed by atoms with Crippen molar-refractivity contribution in [3.8, 4) is 22.7 Å². The zero-order valence-corrected chi connectivity index (χ0v) is 15.4. The Hall–Kier alpha value is -3.41. The molecule has 0 saturated carbocycles. The van der Waals surface area contributed by atoms with Gasteiger partial charge >= 0.3 is 0 Å². The minimum Gasteiger partial charge on any atom is -0.494 e. The molecule has 0 fully saturated rings. The van der Waals surface area contributed by atoms with Crippen LogP contribution in [0.3, 0.4) is 0 Å². The average Bonchev–Trinajstić information content (AvgIpc) is 3.11. The molecule has 1 amide bonds. The van der Waals surface area contributed by atoms with Gasteiger partial charge in [0.2, 0.25) is 5.91 Å². The van der Waals surface area contributed by atoms with Gasteiger partial charge in [0.1, 0.15) is 11.4 Å². The van der Waals surface area contributed by atoms with E-state index in [2.05, 4.69) is 17.5 Å². The number of nitrogens with zero attached hydrogens (tertiary/aromatic N) is 3. The summed E-state index contributed by atoms with van der Waals surface area (Å²) in [6, 6.07) is 17.6. The van der Waals surface area contributed by atoms with E-state index in [9.17, 15) is 4.79 Å². The Balaban J connectivity index is 1.95. The molecule has 6 nitrogen and oxygen atoms in total. The molecule has 0 atom stereocenters. The highest BCUT2D eigenvalue weighted by Gasteiger charge is 2.11. The fraction of sp³-hybridized carbons (Fsp3) is 0.190. The van der Waals surface area contributed by atoms with Gasteiger partial charge < -0.3 is 4.74 Å². The average molecular weight is 362 g/mol. The van der Waals surface area contributed by atoms with Crippen molar-refractivity contribution in [2.45, 2.75) is 20.3 Å². The number of para-hydroxylation sites is 1. The van der Waals surface area contributed by atoms with Gasteiger partial charge in [-0.05, 0) is 42.8 Å². The molecule has 138 valence electrons. The summed E-state index contributed by atoms with van der Waals surface area (Å²) in [5.41, 5.74) is 5.89. The van der Waals surface area contributed by atoms with Crippen LogP contribution in [0.25, 0.3) is 16.9 Å².